The van der Waals surface area contributed by atoms with Crippen LogP contribution in [0.3, 0.4) is 0 Å². The smallest absolute Gasteiger partial charge is 0.326 e. The van der Waals surface area contributed by atoms with Crippen LogP contribution in [-0.4, -0.2) is 52.8 Å². The van der Waals surface area contributed by atoms with E-state index in [1.165, 1.54) is 4.90 Å². The molecule has 2 fully saturated rings. The van der Waals surface area contributed by atoms with Crippen molar-refractivity contribution in [2.24, 2.45) is 0 Å². The second-order valence-electron chi connectivity index (χ2n) is 6.07. The molecule has 2 saturated heterocycles. The molecule has 1 unspecified atom stereocenters. The van der Waals surface area contributed by atoms with Crippen LogP contribution in [0, 0.1) is 0 Å². The number of carboxylic acids is 1. The lowest BCUT2D eigenvalue weighted by Gasteiger charge is -2.40. The van der Waals surface area contributed by atoms with E-state index in [-0.39, 0.29) is 17.7 Å². The zero-order chi connectivity index (χ0) is 15.5. The predicted molar refractivity (Wildman–Crippen MR) is 78.2 cm³/mol. The van der Waals surface area contributed by atoms with Gasteiger partial charge >= 0.3 is 12.0 Å². The van der Waals surface area contributed by atoms with Crippen LogP contribution in [-0.2, 0) is 9.53 Å². The summed E-state index contributed by atoms with van der Waals surface area (Å²) in [6.45, 7) is 5.39. The van der Waals surface area contributed by atoms with Crippen molar-refractivity contribution in [1.29, 1.82) is 0 Å². The van der Waals surface area contributed by atoms with Gasteiger partial charge in [0.15, 0.2) is 0 Å². The zero-order valence-electron chi connectivity index (χ0n) is 12.9. The Hall–Kier alpha value is -1.30. The number of aliphatic carboxylic acids is 1. The average molecular weight is 298 g/mol. The minimum Gasteiger partial charge on any atom is -0.480 e. The number of hydrogen-bond donors (Lipinski definition) is 2. The van der Waals surface area contributed by atoms with Gasteiger partial charge in [-0.3, -0.25) is 0 Å². The maximum Gasteiger partial charge on any atom is 0.326 e. The van der Waals surface area contributed by atoms with Crippen molar-refractivity contribution < 1.29 is 19.4 Å². The fourth-order valence-electron chi connectivity index (χ4n) is 3.42. The summed E-state index contributed by atoms with van der Waals surface area (Å²) in [6, 6.07) is -0.846. The van der Waals surface area contributed by atoms with Gasteiger partial charge in [-0.2, -0.15) is 0 Å². The zero-order valence-corrected chi connectivity index (χ0v) is 12.9. The highest BCUT2D eigenvalue weighted by Crippen LogP contribution is 2.31. The standard InChI is InChI=1S/C15H26N2O4/c1-3-15(4-2)10-11(7-9-21-15)16-14(20)17-8-5-6-12(17)13(18)19/h11-12H,3-10H2,1-2H3,(H,16,20)(H,18,19)/t11?,12-/m1/s1. The highest BCUT2D eigenvalue weighted by atomic mass is 16.5. The minimum absolute atomic E-state index is 0.0706. The predicted octanol–water partition coefficient (Wildman–Crippen LogP) is 1.98. The number of carbonyl (C=O) groups is 2. The number of nitrogens with zero attached hydrogens (tertiary/aromatic N) is 1. The number of nitrogens with one attached hydrogen (secondary N) is 1. The molecule has 2 aliphatic rings. The van der Waals surface area contributed by atoms with Crippen LogP contribution in [0.1, 0.15) is 52.4 Å². The Labute approximate surface area is 125 Å². The molecular weight excluding hydrogens is 272 g/mol. The van der Waals surface area contributed by atoms with E-state index in [4.69, 9.17) is 9.84 Å². The van der Waals surface area contributed by atoms with Crippen LogP contribution in [0.2, 0.25) is 0 Å². The first-order valence-corrected chi connectivity index (χ1v) is 7.95. The third-order valence-corrected chi connectivity index (χ3v) is 4.91. The molecule has 0 spiro atoms. The Morgan fingerprint density at radius 3 is 2.67 bits per heavy atom. The molecule has 0 saturated carbocycles. The van der Waals surface area contributed by atoms with E-state index < -0.39 is 12.0 Å². The van der Waals surface area contributed by atoms with Crippen LogP contribution >= 0.6 is 0 Å². The Morgan fingerprint density at radius 2 is 2.05 bits per heavy atom. The van der Waals surface area contributed by atoms with Crippen molar-refractivity contribution in [1.82, 2.24) is 10.2 Å². The number of hydrogen-bond acceptors (Lipinski definition) is 3. The molecule has 0 aliphatic carbocycles. The van der Waals surface area contributed by atoms with Crippen molar-refractivity contribution in [2.75, 3.05) is 13.2 Å². The highest BCUT2D eigenvalue weighted by molar-refractivity contribution is 5.83. The van der Waals surface area contributed by atoms with E-state index >= 15 is 0 Å². The number of ether oxygens (including phenoxy) is 1. The second kappa shape index (κ2) is 6.64. The van der Waals surface area contributed by atoms with Gasteiger partial charge in [0.05, 0.1) is 5.60 Å². The molecular formula is C15H26N2O4. The van der Waals surface area contributed by atoms with Crippen molar-refractivity contribution in [3.63, 3.8) is 0 Å². The number of amides is 2. The number of carboxylic acid groups (broad SMARTS) is 1. The van der Waals surface area contributed by atoms with Gasteiger partial charge < -0.3 is 20.1 Å². The molecule has 0 radical (unpaired) electrons. The van der Waals surface area contributed by atoms with Crippen LogP contribution in [0.15, 0.2) is 0 Å². The molecule has 2 N–H and O–H groups in total. The second-order valence-corrected chi connectivity index (χ2v) is 6.07. The lowest BCUT2D eigenvalue weighted by atomic mass is 9.86. The van der Waals surface area contributed by atoms with Crippen molar-refractivity contribution in [3.05, 3.63) is 0 Å². The summed E-state index contributed by atoms with van der Waals surface area (Å²) in [5.41, 5.74) is -0.145. The van der Waals surface area contributed by atoms with Crippen LogP contribution in [0.5, 0.6) is 0 Å². The SMILES string of the molecule is CCC1(CC)CC(NC(=O)N2CCC[C@@H]2C(=O)O)CCO1. The van der Waals surface area contributed by atoms with Gasteiger partial charge in [-0.05, 0) is 38.5 Å². The molecule has 2 atom stereocenters. The van der Waals surface area contributed by atoms with E-state index in [0.29, 0.717) is 19.6 Å². The molecule has 0 aromatic heterocycles. The first kappa shape index (κ1) is 16.1. The van der Waals surface area contributed by atoms with Gasteiger partial charge in [-0.1, -0.05) is 13.8 Å². The fraction of sp³-hybridized carbons (Fsp3) is 0.867. The lowest BCUT2D eigenvalue weighted by Crippen LogP contribution is -2.53. The number of likely N-dealkylation sites (tertiary alicyclic amines) is 1. The Morgan fingerprint density at radius 1 is 1.33 bits per heavy atom. The lowest BCUT2D eigenvalue weighted by molar-refractivity contribution is -0.141. The quantitative estimate of drug-likeness (QED) is 0.832. The fourth-order valence-corrected chi connectivity index (χ4v) is 3.42. The molecule has 6 nitrogen and oxygen atoms in total. The van der Waals surface area contributed by atoms with Crippen LogP contribution in [0.25, 0.3) is 0 Å². The first-order chi connectivity index (χ1) is 10.0. The Kier molecular flexibility index (Phi) is 5.08. The minimum atomic E-state index is -0.911. The molecule has 2 aliphatic heterocycles. The maximum atomic E-state index is 12.3. The van der Waals surface area contributed by atoms with E-state index in [0.717, 1.165) is 32.1 Å². The third kappa shape index (κ3) is 3.48. The largest absolute Gasteiger partial charge is 0.480 e. The summed E-state index contributed by atoms with van der Waals surface area (Å²) in [5, 5.41) is 12.2. The molecule has 6 heteroatoms. The van der Waals surface area contributed by atoms with E-state index in [2.05, 4.69) is 19.2 Å². The Bertz CT molecular complexity index is 395. The summed E-state index contributed by atoms with van der Waals surface area (Å²) in [6.07, 6.45) is 4.75. The van der Waals surface area contributed by atoms with Crippen molar-refractivity contribution in [2.45, 2.75) is 70.1 Å². The third-order valence-electron chi connectivity index (χ3n) is 4.91. The van der Waals surface area contributed by atoms with E-state index in [9.17, 15) is 9.59 Å². The van der Waals surface area contributed by atoms with Gasteiger partial charge in [0, 0.05) is 19.2 Å². The van der Waals surface area contributed by atoms with Gasteiger partial charge in [0.2, 0.25) is 0 Å². The van der Waals surface area contributed by atoms with Crippen molar-refractivity contribution in [3.8, 4) is 0 Å². The number of rotatable bonds is 4. The van der Waals surface area contributed by atoms with Gasteiger partial charge in [0.1, 0.15) is 6.04 Å². The summed E-state index contributed by atoms with van der Waals surface area (Å²) in [5.74, 6) is -0.911. The Balaban J connectivity index is 1.94. The molecule has 120 valence electrons. The van der Waals surface area contributed by atoms with Gasteiger partial charge in [-0.15, -0.1) is 0 Å². The summed E-state index contributed by atoms with van der Waals surface area (Å²) in [7, 11) is 0. The van der Waals surface area contributed by atoms with Crippen LogP contribution < -0.4 is 5.32 Å². The van der Waals surface area contributed by atoms with Gasteiger partial charge in [0.25, 0.3) is 0 Å². The molecule has 2 rings (SSSR count). The number of carbonyl (C=O) groups excluding carboxylic acids is 1. The van der Waals surface area contributed by atoms with Crippen molar-refractivity contribution >= 4 is 12.0 Å². The number of urea groups is 1. The first-order valence-electron chi connectivity index (χ1n) is 7.95. The maximum absolute atomic E-state index is 12.3. The normalized spacial score (nSPS) is 28.4. The molecule has 0 aromatic carbocycles. The average Bonchev–Trinajstić information content (AvgIpc) is 2.97. The van der Waals surface area contributed by atoms with Gasteiger partial charge in [-0.25, -0.2) is 9.59 Å². The summed E-state index contributed by atoms with van der Waals surface area (Å²) in [4.78, 5) is 24.9. The molecule has 0 bridgehead atoms. The molecule has 2 heterocycles. The molecule has 0 aromatic rings. The monoisotopic (exact) mass is 298 g/mol. The summed E-state index contributed by atoms with van der Waals surface area (Å²) < 4.78 is 5.90. The highest BCUT2D eigenvalue weighted by Gasteiger charge is 2.38. The molecule has 2 amide bonds. The van der Waals surface area contributed by atoms with E-state index in [1.54, 1.807) is 0 Å². The summed E-state index contributed by atoms with van der Waals surface area (Å²) >= 11 is 0. The topological polar surface area (TPSA) is 78.9 Å². The van der Waals surface area contributed by atoms with Crippen LogP contribution in [0.4, 0.5) is 4.79 Å². The molecule has 21 heavy (non-hydrogen) atoms. The van der Waals surface area contributed by atoms with E-state index in [1.807, 2.05) is 0 Å².